The molecule has 96 valence electrons. The summed E-state index contributed by atoms with van der Waals surface area (Å²) >= 11 is 0. The van der Waals surface area contributed by atoms with Crippen LogP contribution >= 0.6 is 0 Å². The maximum atomic E-state index is 11.8. The molecule has 0 radical (unpaired) electrons. The van der Waals surface area contributed by atoms with E-state index in [1.165, 1.54) is 6.07 Å². The summed E-state index contributed by atoms with van der Waals surface area (Å²) in [7, 11) is 0. The van der Waals surface area contributed by atoms with Crippen molar-refractivity contribution in [1.29, 1.82) is 0 Å². The zero-order valence-corrected chi connectivity index (χ0v) is 9.98. The van der Waals surface area contributed by atoms with Crippen molar-refractivity contribution in [3.63, 3.8) is 0 Å². The molecule has 2 rings (SSSR count). The van der Waals surface area contributed by atoms with Crippen LogP contribution in [0.5, 0.6) is 0 Å². The number of aromatic nitrogens is 1. The van der Waals surface area contributed by atoms with Crippen molar-refractivity contribution in [2.75, 3.05) is 0 Å². The van der Waals surface area contributed by atoms with E-state index in [1.807, 2.05) is 12.1 Å². The molecule has 0 bridgehead atoms. The molecule has 0 saturated carbocycles. The number of amides is 1. The van der Waals surface area contributed by atoms with E-state index in [0.717, 1.165) is 5.69 Å². The zero-order chi connectivity index (χ0) is 13.5. The maximum absolute atomic E-state index is 11.8. The van der Waals surface area contributed by atoms with E-state index >= 15 is 0 Å². The highest BCUT2D eigenvalue weighted by Crippen LogP contribution is 2.09. The lowest BCUT2D eigenvalue weighted by atomic mass is 10.3. The lowest BCUT2D eigenvalue weighted by Gasteiger charge is -2.02. The molecule has 2 heterocycles. The lowest BCUT2D eigenvalue weighted by molar-refractivity contribution is 0.0921. The molecule has 0 unspecified atom stereocenters. The first-order valence-corrected chi connectivity index (χ1v) is 5.57. The van der Waals surface area contributed by atoms with Crippen LogP contribution in [0.1, 0.15) is 22.0 Å². The van der Waals surface area contributed by atoms with E-state index in [-0.39, 0.29) is 18.2 Å². The summed E-state index contributed by atoms with van der Waals surface area (Å²) in [5, 5.41) is 6.04. The van der Waals surface area contributed by atoms with Crippen LogP contribution < -0.4 is 5.32 Å². The first-order valence-electron chi connectivity index (χ1n) is 5.57. The van der Waals surface area contributed by atoms with Gasteiger partial charge >= 0.3 is 0 Å². The smallest absolute Gasteiger partial charge is 0.287 e. The summed E-state index contributed by atoms with van der Waals surface area (Å²) in [6.45, 7) is 0.413. The molecular formula is C12H11N5O2. The van der Waals surface area contributed by atoms with Crippen LogP contribution in [0.3, 0.4) is 0 Å². The monoisotopic (exact) mass is 257 g/mol. The first-order chi connectivity index (χ1) is 9.29. The quantitative estimate of drug-likeness (QED) is 0.505. The second-order valence-corrected chi connectivity index (χ2v) is 3.66. The molecule has 1 amide bonds. The Bertz CT molecular complexity index is 602. The summed E-state index contributed by atoms with van der Waals surface area (Å²) in [6, 6.07) is 8.61. The number of azide groups is 1. The van der Waals surface area contributed by atoms with E-state index in [0.29, 0.717) is 12.3 Å². The average Bonchev–Trinajstić information content (AvgIpc) is 2.92. The second-order valence-electron chi connectivity index (χ2n) is 3.66. The Morgan fingerprint density at radius 2 is 2.32 bits per heavy atom. The van der Waals surface area contributed by atoms with E-state index in [4.69, 9.17) is 9.95 Å². The number of hydrogen-bond acceptors (Lipinski definition) is 4. The zero-order valence-electron chi connectivity index (χ0n) is 9.98. The molecule has 0 fully saturated rings. The normalized spacial score (nSPS) is 9.68. The maximum Gasteiger partial charge on any atom is 0.287 e. The van der Waals surface area contributed by atoms with Crippen LogP contribution in [-0.2, 0) is 13.1 Å². The van der Waals surface area contributed by atoms with Crippen molar-refractivity contribution in [2.24, 2.45) is 5.11 Å². The molecule has 0 aliphatic rings. The van der Waals surface area contributed by atoms with Crippen molar-refractivity contribution < 1.29 is 9.21 Å². The number of nitrogens with one attached hydrogen (secondary N) is 1. The third-order valence-corrected chi connectivity index (χ3v) is 2.33. The molecule has 0 aliphatic carbocycles. The Labute approximate surface area is 108 Å². The van der Waals surface area contributed by atoms with Crippen LogP contribution in [0, 0.1) is 0 Å². The number of nitrogens with zero attached hydrogens (tertiary/aromatic N) is 4. The molecule has 2 aromatic rings. The lowest BCUT2D eigenvalue weighted by Crippen LogP contribution is -2.22. The minimum Gasteiger partial charge on any atom is -0.456 e. The van der Waals surface area contributed by atoms with Crippen molar-refractivity contribution >= 4 is 5.91 Å². The Morgan fingerprint density at radius 3 is 3.05 bits per heavy atom. The summed E-state index contributed by atoms with van der Waals surface area (Å²) in [6.07, 6.45) is 1.66. The second kappa shape index (κ2) is 6.23. The number of rotatable bonds is 5. The van der Waals surface area contributed by atoms with E-state index in [1.54, 1.807) is 18.3 Å². The fourth-order valence-corrected chi connectivity index (χ4v) is 1.45. The van der Waals surface area contributed by atoms with Gasteiger partial charge in [0.15, 0.2) is 5.76 Å². The Balaban J connectivity index is 1.92. The van der Waals surface area contributed by atoms with Gasteiger partial charge in [-0.3, -0.25) is 9.78 Å². The highest BCUT2D eigenvalue weighted by molar-refractivity contribution is 5.91. The molecule has 1 N–H and O–H groups in total. The molecule has 0 aliphatic heterocycles. The van der Waals surface area contributed by atoms with Gasteiger partial charge in [0.25, 0.3) is 5.91 Å². The van der Waals surface area contributed by atoms with Gasteiger partial charge in [-0.05, 0) is 29.8 Å². The molecule has 19 heavy (non-hydrogen) atoms. The van der Waals surface area contributed by atoms with Crippen molar-refractivity contribution in [2.45, 2.75) is 13.1 Å². The fraction of sp³-hybridized carbons (Fsp3) is 0.167. The van der Waals surface area contributed by atoms with Gasteiger partial charge in [0.2, 0.25) is 0 Å². The predicted molar refractivity (Wildman–Crippen MR) is 67.0 cm³/mol. The van der Waals surface area contributed by atoms with Crippen LogP contribution in [0.25, 0.3) is 10.4 Å². The summed E-state index contributed by atoms with van der Waals surface area (Å²) in [5.74, 6) is 0.290. The van der Waals surface area contributed by atoms with Crippen LogP contribution in [-0.4, -0.2) is 10.9 Å². The Kier molecular flexibility index (Phi) is 4.15. The number of carbonyl (C=O) groups is 1. The van der Waals surface area contributed by atoms with Gasteiger partial charge in [-0.25, -0.2) is 0 Å². The fourth-order valence-electron chi connectivity index (χ4n) is 1.45. The summed E-state index contributed by atoms with van der Waals surface area (Å²) in [5.41, 5.74) is 8.95. The van der Waals surface area contributed by atoms with Crippen LogP contribution in [0.4, 0.5) is 0 Å². The average molecular weight is 257 g/mol. The first kappa shape index (κ1) is 12.7. The van der Waals surface area contributed by atoms with Crippen molar-refractivity contribution in [1.82, 2.24) is 10.3 Å². The van der Waals surface area contributed by atoms with Gasteiger partial charge in [0.1, 0.15) is 5.76 Å². The molecule has 0 spiro atoms. The van der Waals surface area contributed by atoms with Gasteiger partial charge in [0, 0.05) is 11.1 Å². The highest BCUT2D eigenvalue weighted by Gasteiger charge is 2.10. The van der Waals surface area contributed by atoms with Gasteiger partial charge in [-0.15, -0.1) is 0 Å². The van der Waals surface area contributed by atoms with Gasteiger partial charge in [0.05, 0.1) is 18.8 Å². The Hall–Kier alpha value is -2.79. The molecule has 7 heteroatoms. The molecule has 0 aromatic carbocycles. The van der Waals surface area contributed by atoms with Crippen LogP contribution in [0.15, 0.2) is 46.1 Å². The Morgan fingerprint density at radius 1 is 1.42 bits per heavy atom. The van der Waals surface area contributed by atoms with Gasteiger partial charge < -0.3 is 9.73 Å². The predicted octanol–water partition coefficient (Wildman–Crippen LogP) is 2.41. The van der Waals surface area contributed by atoms with Crippen molar-refractivity contribution in [3.8, 4) is 0 Å². The molecule has 0 saturated heterocycles. The van der Waals surface area contributed by atoms with Crippen LogP contribution in [0.2, 0.25) is 0 Å². The third-order valence-electron chi connectivity index (χ3n) is 2.33. The minimum absolute atomic E-state index is 0.0873. The topological polar surface area (TPSA) is 104 Å². The number of pyridine rings is 1. The SMILES string of the molecule is [N-]=[N+]=NCc1ccc(C(=O)NCc2ccccn2)o1. The highest BCUT2D eigenvalue weighted by atomic mass is 16.4. The van der Waals surface area contributed by atoms with Crippen molar-refractivity contribution in [3.05, 3.63) is 64.2 Å². The van der Waals surface area contributed by atoms with Gasteiger partial charge in [-0.2, -0.15) is 0 Å². The third kappa shape index (κ3) is 3.58. The molecule has 2 aromatic heterocycles. The van der Waals surface area contributed by atoms with E-state index < -0.39 is 0 Å². The number of carbonyl (C=O) groups excluding carboxylic acids is 1. The standard InChI is InChI=1S/C12H11N5O2/c13-17-16-8-10-4-5-11(19-10)12(18)15-7-9-3-1-2-6-14-9/h1-6H,7-8H2,(H,15,18). The molecule has 0 atom stereocenters. The summed E-state index contributed by atoms with van der Waals surface area (Å²) < 4.78 is 5.24. The number of furan rings is 1. The molecular weight excluding hydrogens is 246 g/mol. The van der Waals surface area contributed by atoms with E-state index in [2.05, 4.69) is 20.3 Å². The molecule has 7 nitrogen and oxygen atoms in total. The number of hydrogen-bond donors (Lipinski definition) is 1. The minimum atomic E-state index is -0.335. The van der Waals surface area contributed by atoms with Gasteiger partial charge in [-0.1, -0.05) is 11.2 Å². The van der Waals surface area contributed by atoms with E-state index in [9.17, 15) is 4.79 Å². The largest absolute Gasteiger partial charge is 0.456 e. The summed E-state index contributed by atoms with van der Waals surface area (Å²) in [4.78, 5) is 18.5.